The van der Waals surface area contributed by atoms with Crippen molar-refractivity contribution < 1.29 is 23.8 Å². The number of ether oxygens (including phenoxy) is 3. The predicted octanol–water partition coefficient (Wildman–Crippen LogP) is 3.23. The van der Waals surface area contributed by atoms with Crippen molar-refractivity contribution in [2.75, 3.05) is 32.1 Å². The van der Waals surface area contributed by atoms with Gasteiger partial charge in [0.2, 0.25) is 0 Å². The highest BCUT2D eigenvalue weighted by atomic mass is 16.6. The third-order valence-corrected chi connectivity index (χ3v) is 5.61. The van der Waals surface area contributed by atoms with Crippen LogP contribution in [0.4, 0.5) is 5.69 Å². The fourth-order valence-electron chi connectivity index (χ4n) is 4.02. The molecule has 1 aromatic heterocycles. The molecule has 2 aromatic carbocycles. The number of amides is 2. The summed E-state index contributed by atoms with van der Waals surface area (Å²) in [5, 5.41) is 6.34. The van der Waals surface area contributed by atoms with Crippen LogP contribution in [-0.4, -0.2) is 48.7 Å². The number of nitrogens with one attached hydrogen (secondary N) is 2. The Kier molecular flexibility index (Phi) is 6.68. The van der Waals surface area contributed by atoms with Crippen molar-refractivity contribution in [3.05, 3.63) is 53.2 Å². The van der Waals surface area contributed by atoms with Crippen LogP contribution in [0.15, 0.2) is 36.4 Å². The van der Waals surface area contributed by atoms with Crippen LogP contribution in [0.3, 0.4) is 0 Å². The summed E-state index contributed by atoms with van der Waals surface area (Å²) in [5.74, 6) is 0.893. The van der Waals surface area contributed by atoms with E-state index in [2.05, 4.69) is 15.6 Å². The molecule has 2 heterocycles. The Morgan fingerprint density at radius 3 is 2.63 bits per heavy atom. The molecule has 0 bridgehead atoms. The Bertz CT molecular complexity index is 1290. The van der Waals surface area contributed by atoms with Gasteiger partial charge in [0.05, 0.1) is 39.0 Å². The SMILES string of the molecule is CCNC(=O)c1c(C)nc2cccc(OCC(C)(C)NC(=O)c3cccc4c3OCCO4)c2c1N. The van der Waals surface area contributed by atoms with Gasteiger partial charge in [0.25, 0.3) is 11.8 Å². The lowest BCUT2D eigenvalue weighted by Gasteiger charge is -2.28. The average molecular weight is 479 g/mol. The van der Waals surface area contributed by atoms with Gasteiger partial charge in [-0.3, -0.25) is 14.6 Å². The Balaban J connectivity index is 1.56. The van der Waals surface area contributed by atoms with E-state index >= 15 is 0 Å². The number of aryl methyl sites for hydroxylation is 1. The first-order valence-electron chi connectivity index (χ1n) is 11.5. The number of para-hydroxylation sites is 1. The van der Waals surface area contributed by atoms with Crippen molar-refractivity contribution >= 4 is 28.4 Å². The number of aromatic nitrogens is 1. The average Bonchev–Trinajstić information content (AvgIpc) is 2.82. The number of nitrogens with two attached hydrogens (primary N) is 1. The van der Waals surface area contributed by atoms with E-state index < -0.39 is 5.54 Å². The summed E-state index contributed by atoms with van der Waals surface area (Å²) >= 11 is 0. The second kappa shape index (κ2) is 9.69. The van der Waals surface area contributed by atoms with Crippen LogP contribution >= 0.6 is 0 Å². The lowest BCUT2D eigenvalue weighted by Crippen LogP contribution is -2.48. The van der Waals surface area contributed by atoms with Crippen molar-refractivity contribution in [1.82, 2.24) is 15.6 Å². The molecule has 0 fully saturated rings. The molecule has 1 aliphatic rings. The molecule has 0 spiro atoms. The maximum Gasteiger partial charge on any atom is 0.255 e. The van der Waals surface area contributed by atoms with Crippen LogP contribution in [0.25, 0.3) is 10.9 Å². The number of anilines is 1. The maximum absolute atomic E-state index is 13.1. The molecule has 0 saturated carbocycles. The predicted molar refractivity (Wildman–Crippen MR) is 133 cm³/mol. The highest BCUT2D eigenvalue weighted by Crippen LogP contribution is 2.35. The first-order chi connectivity index (χ1) is 16.7. The van der Waals surface area contributed by atoms with Gasteiger partial charge in [-0.2, -0.15) is 0 Å². The molecule has 9 nitrogen and oxygen atoms in total. The van der Waals surface area contributed by atoms with Crippen molar-refractivity contribution in [3.63, 3.8) is 0 Å². The molecule has 0 aliphatic carbocycles. The van der Waals surface area contributed by atoms with E-state index in [9.17, 15) is 9.59 Å². The number of rotatable bonds is 7. The van der Waals surface area contributed by atoms with Crippen molar-refractivity contribution in [3.8, 4) is 17.2 Å². The fraction of sp³-hybridized carbons (Fsp3) is 0.346. The zero-order chi connectivity index (χ0) is 25.2. The van der Waals surface area contributed by atoms with E-state index in [1.165, 1.54) is 0 Å². The highest BCUT2D eigenvalue weighted by Gasteiger charge is 2.27. The molecule has 35 heavy (non-hydrogen) atoms. The third-order valence-electron chi connectivity index (χ3n) is 5.61. The Labute approximate surface area is 204 Å². The van der Waals surface area contributed by atoms with E-state index in [-0.39, 0.29) is 18.4 Å². The summed E-state index contributed by atoms with van der Waals surface area (Å²) in [6, 6.07) is 10.6. The molecule has 0 radical (unpaired) electrons. The largest absolute Gasteiger partial charge is 0.490 e. The summed E-state index contributed by atoms with van der Waals surface area (Å²) in [5.41, 5.74) is 7.90. The minimum absolute atomic E-state index is 0.147. The molecule has 2 amide bonds. The van der Waals surface area contributed by atoms with E-state index in [0.717, 1.165) is 0 Å². The molecule has 0 atom stereocenters. The number of benzene rings is 2. The first kappa shape index (κ1) is 24.1. The van der Waals surface area contributed by atoms with Crippen LogP contribution in [0.5, 0.6) is 17.2 Å². The van der Waals surface area contributed by atoms with Crippen LogP contribution < -0.4 is 30.6 Å². The summed E-state index contributed by atoms with van der Waals surface area (Å²) in [4.78, 5) is 30.2. The minimum Gasteiger partial charge on any atom is -0.490 e. The first-order valence-corrected chi connectivity index (χ1v) is 11.5. The Hall–Kier alpha value is -4.01. The van der Waals surface area contributed by atoms with Gasteiger partial charge in [-0.15, -0.1) is 0 Å². The summed E-state index contributed by atoms with van der Waals surface area (Å²) in [7, 11) is 0. The lowest BCUT2D eigenvalue weighted by molar-refractivity contribution is 0.0870. The van der Waals surface area contributed by atoms with Gasteiger partial charge in [0.15, 0.2) is 11.5 Å². The van der Waals surface area contributed by atoms with Crippen molar-refractivity contribution in [2.24, 2.45) is 0 Å². The number of carbonyl (C=O) groups is 2. The topological polar surface area (TPSA) is 125 Å². The van der Waals surface area contributed by atoms with E-state index in [1.54, 1.807) is 31.2 Å². The monoisotopic (exact) mass is 478 g/mol. The van der Waals surface area contributed by atoms with Crippen LogP contribution in [0.2, 0.25) is 0 Å². The zero-order valence-electron chi connectivity index (χ0n) is 20.4. The zero-order valence-corrected chi connectivity index (χ0v) is 20.4. The molecular weight excluding hydrogens is 448 g/mol. The Morgan fingerprint density at radius 2 is 1.86 bits per heavy atom. The molecule has 4 rings (SSSR count). The molecule has 4 N–H and O–H groups in total. The summed E-state index contributed by atoms with van der Waals surface area (Å²) in [6.45, 7) is 8.76. The van der Waals surface area contributed by atoms with E-state index in [4.69, 9.17) is 19.9 Å². The van der Waals surface area contributed by atoms with Crippen molar-refractivity contribution in [2.45, 2.75) is 33.2 Å². The van der Waals surface area contributed by atoms with Crippen LogP contribution in [0.1, 0.15) is 47.2 Å². The quantitative estimate of drug-likeness (QED) is 0.476. The van der Waals surface area contributed by atoms with Gasteiger partial charge in [-0.25, -0.2) is 0 Å². The molecule has 184 valence electrons. The van der Waals surface area contributed by atoms with Gasteiger partial charge < -0.3 is 30.6 Å². The number of pyridine rings is 1. The number of hydrogen-bond acceptors (Lipinski definition) is 7. The standard InChI is InChI=1S/C26H30N4O5/c1-5-28-25(32)20-15(2)29-17-9-7-10-18(21(17)22(20)27)35-14-26(3,4)30-24(31)16-8-6-11-19-23(16)34-13-12-33-19/h6-11H,5,12-14H2,1-4H3,(H2,27,29)(H,28,32)(H,30,31). The third kappa shape index (κ3) is 4.94. The Morgan fingerprint density at radius 1 is 1.11 bits per heavy atom. The smallest absolute Gasteiger partial charge is 0.255 e. The van der Waals surface area contributed by atoms with Crippen molar-refractivity contribution in [1.29, 1.82) is 0 Å². The molecule has 9 heteroatoms. The van der Waals surface area contributed by atoms with Gasteiger partial charge >= 0.3 is 0 Å². The number of nitrogen functional groups attached to an aromatic ring is 1. The van der Waals surface area contributed by atoms with Crippen LogP contribution in [-0.2, 0) is 0 Å². The molecule has 0 saturated heterocycles. The summed E-state index contributed by atoms with van der Waals surface area (Å²) < 4.78 is 17.4. The number of fused-ring (bicyclic) bond motifs is 2. The number of carbonyl (C=O) groups excluding carboxylic acids is 2. The molecule has 0 unspecified atom stereocenters. The lowest BCUT2D eigenvalue weighted by atomic mass is 10.0. The molecular formula is C26H30N4O5. The second-order valence-electron chi connectivity index (χ2n) is 8.95. The minimum atomic E-state index is -0.743. The van der Waals surface area contributed by atoms with Gasteiger partial charge in [-0.05, 0) is 52.0 Å². The second-order valence-corrected chi connectivity index (χ2v) is 8.95. The normalized spacial score (nSPS) is 12.8. The van der Waals surface area contributed by atoms with Gasteiger partial charge in [0, 0.05) is 6.54 Å². The number of nitrogens with zero attached hydrogens (tertiary/aromatic N) is 1. The highest BCUT2D eigenvalue weighted by molar-refractivity contribution is 6.09. The molecule has 3 aromatic rings. The van der Waals surface area contributed by atoms with Gasteiger partial charge in [-0.1, -0.05) is 12.1 Å². The van der Waals surface area contributed by atoms with E-state index in [1.807, 2.05) is 32.9 Å². The molecule has 1 aliphatic heterocycles. The maximum atomic E-state index is 13.1. The van der Waals surface area contributed by atoms with E-state index in [0.29, 0.717) is 70.4 Å². The summed E-state index contributed by atoms with van der Waals surface area (Å²) in [6.07, 6.45) is 0. The number of hydrogen-bond donors (Lipinski definition) is 3. The van der Waals surface area contributed by atoms with Crippen LogP contribution in [0, 0.1) is 6.92 Å². The fourth-order valence-corrected chi connectivity index (χ4v) is 4.02. The van der Waals surface area contributed by atoms with Gasteiger partial charge in [0.1, 0.15) is 25.6 Å².